The Kier molecular flexibility index (Phi) is 5.33. The normalized spacial score (nSPS) is 12.1. The van der Waals surface area contributed by atoms with Gasteiger partial charge in [-0.2, -0.15) is 0 Å². The van der Waals surface area contributed by atoms with Gasteiger partial charge in [-0.05, 0) is 31.5 Å². The monoisotopic (exact) mass is 420 g/mol. The third-order valence-electron chi connectivity index (χ3n) is 5.41. The minimum Gasteiger partial charge on any atom is -0.497 e. The molecule has 0 spiro atoms. The van der Waals surface area contributed by atoms with E-state index >= 15 is 0 Å². The second-order valence-electron chi connectivity index (χ2n) is 7.42. The zero-order valence-electron chi connectivity index (χ0n) is 17.8. The summed E-state index contributed by atoms with van der Waals surface area (Å²) < 4.78 is 8.73. The van der Waals surface area contributed by atoms with Gasteiger partial charge in [0.1, 0.15) is 17.6 Å². The standard InChI is InChI=1S/C22H24N6O3/c1-13-17(14(2)28-18(24-13)12-20(30)26-28)11-19(29)25-21(22-23-9-10-27(22)3)15-5-7-16(31-4)8-6-15/h5-10,12,21H,11H2,1-4H3,(H,25,29)(H,26,30). The molecule has 1 unspecified atom stereocenters. The maximum absolute atomic E-state index is 13.1. The molecule has 4 rings (SSSR count). The van der Waals surface area contributed by atoms with Crippen LogP contribution in [0.3, 0.4) is 0 Å². The fourth-order valence-corrected chi connectivity index (χ4v) is 3.73. The molecular weight excluding hydrogens is 396 g/mol. The van der Waals surface area contributed by atoms with E-state index in [0.29, 0.717) is 11.3 Å². The van der Waals surface area contributed by atoms with E-state index in [1.807, 2.05) is 55.9 Å². The summed E-state index contributed by atoms with van der Waals surface area (Å²) in [4.78, 5) is 33.7. The summed E-state index contributed by atoms with van der Waals surface area (Å²) in [6.07, 6.45) is 3.66. The average molecular weight is 420 g/mol. The van der Waals surface area contributed by atoms with Crippen molar-refractivity contribution in [1.29, 1.82) is 0 Å². The molecule has 0 saturated heterocycles. The van der Waals surface area contributed by atoms with Gasteiger partial charge in [-0.15, -0.1) is 0 Å². The van der Waals surface area contributed by atoms with Gasteiger partial charge < -0.3 is 14.6 Å². The predicted octanol–water partition coefficient (Wildman–Crippen LogP) is 1.83. The third-order valence-corrected chi connectivity index (χ3v) is 5.41. The second-order valence-corrected chi connectivity index (χ2v) is 7.42. The molecule has 0 saturated carbocycles. The number of aromatic amines is 1. The molecule has 9 nitrogen and oxygen atoms in total. The smallest absolute Gasteiger partial charge is 0.266 e. The van der Waals surface area contributed by atoms with Gasteiger partial charge in [-0.1, -0.05) is 12.1 Å². The molecule has 3 heterocycles. The molecule has 0 aliphatic rings. The second kappa shape index (κ2) is 8.10. The first-order valence-electron chi connectivity index (χ1n) is 9.85. The number of hydrogen-bond donors (Lipinski definition) is 2. The minimum atomic E-state index is -0.429. The highest BCUT2D eigenvalue weighted by molar-refractivity contribution is 5.80. The topological polar surface area (TPSA) is 106 Å². The first-order chi connectivity index (χ1) is 14.9. The highest BCUT2D eigenvalue weighted by atomic mass is 16.5. The number of fused-ring (bicyclic) bond motifs is 1. The van der Waals surface area contributed by atoms with E-state index in [1.54, 1.807) is 17.8 Å². The molecule has 0 aliphatic carbocycles. The van der Waals surface area contributed by atoms with Crippen LogP contribution in [-0.4, -0.2) is 37.2 Å². The van der Waals surface area contributed by atoms with Crippen molar-refractivity contribution in [3.63, 3.8) is 0 Å². The van der Waals surface area contributed by atoms with E-state index in [-0.39, 0.29) is 17.9 Å². The average Bonchev–Trinajstić information content (AvgIpc) is 3.34. The van der Waals surface area contributed by atoms with E-state index in [0.717, 1.165) is 28.4 Å². The lowest BCUT2D eigenvalue weighted by Crippen LogP contribution is -2.32. The van der Waals surface area contributed by atoms with Crippen molar-refractivity contribution >= 4 is 11.6 Å². The van der Waals surface area contributed by atoms with Gasteiger partial charge in [0.2, 0.25) is 5.91 Å². The summed E-state index contributed by atoms with van der Waals surface area (Å²) in [5, 5.41) is 5.81. The highest BCUT2D eigenvalue weighted by Gasteiger charge is 2.22. The van der Waals surface area contributed by atoms with Crippen LogP contribution in [-0.2, 0) is 18.3 Å². The van der Waals surface area contributed by atoms with Crippen LogP contribution in [0.15, 0.2) is 47.5 Å². The van der Waals surface area contributed by atoms with Crippen LogP contribution in [0, 0.1) is 13.8 Å². The molecule has 0 radical (unpaired) electrons. The molecule has 160 valence electrons. The predicted molar refractivity (Wildman–Crippen MR) is 115 cm³/mol. The van der Waals surface area contributed by atoms with E-state index in [9.17, 15) is 9.59 Å². The zero-order valence-corrected chi connectivity index (χ0v) is 17.8. The fraction of sp³-hybridized carbons (Fsp3) is 0.273. The zero-order chi connectivity index (χ0) is 22.1. The first kappa shape index (κ1) is 20.4. The molecule has 2 N–H and O–H groups in total. The van der Waals surface area contributed by atoms with Gasteiger partial charge in [0.05, 0.1) is 13.5 Å². The first-order valence-corrected chi connectivity index (χ1v) is 9.85. The Labute approximate surface area is 178 Å². The lowest BCUT2D eigenvalue weighted by Gasteiger charge is -2.20. The molecule has 3 aromatic heterocycles. The van der Waals surface area contributed by atoms with Gasteiger partial charge >= 0.3 is 0 Å². The number of methoxy groups -OCH3 is 1. The van der Waals surface area contributed by atoms with Crippen molar-refractivity contribution < 1.29 is 9.53 Å². The van der Waals surface area contributed by atoms with Crippen LogP contribution >= 0.6 is 0 Å². The van der Waals surface area contributed by atoms with Gasteiger partial charge in [0.15, 0.2) is 5.65 Å². The summed E-state index contributed by atoms with van der Waals surface area (Å²) in [5.74, 6) is 1.28. The van der Waals surface area contributed by atoms with Crippen molar-refractivity contribution in [2.45, 2.75) is 26.3 Å². The van der Waals surface area contributed by atoms with Gasteiger partial charge in [-0.25, -0.2) is 14.5 Å². The van der Waals surface area contributed by atoms with Crippen molar-refractivity contribution in [2.75, 3.05) is 7.11 Å². The Balaban J connectivity index is 1.64. The van der Waals surface area contributed by atoms with Crippen LogP contribution < -0.4 is 15.6 Å². The molecule has 0 bridgehead atoms. The molecule has 31 heavy (non-hydrogen) atoms. The number of rotatable bonds is 6. The van der Waals surface area contributed by atoms with E-state index in [4.69, 9.17) is 4.74 Å². The number of imidazole rings is 1. The number of hydrogen-bond acceptors (Lipinski definition) is 5. The highest BCUT2D eigenvalue weighted by Crippen LogP contribution is 2.23. The Morgan fingerprint density at radius 3 is 2.65 bits per heavy atom. The Morgan fingerprint density at radius 1 is 1.26 bits per heavy atom. The summed E-state index contributed by atoms with van der Waals surface area (Å²) in [6.45, 7) is 3.70. The van der Waals surface area contributed by atoms with Crippen LogP contribution in [0.2, 0.25) is 0 Å². The van der Waals surface area contributed by atoms with Gasteiger partial charge in [-0.3, -0.25) is 14.7 Å². The number of carbonyl (C=O) groups excluding carboxylic acids is 1. The van der Waals surface area contributed by atoms with Crippen molar-refractivity contribution in [1.82, 2.24) is 29.5 Å². The summed E-state index contributed by atoms with van der Waals surface area (Å²) >= 11 is 0. The number of carbonyl (C=O) groups is 1. The lowest BCUT2D eigenvalue weighted by atomic mass is 10.0. The number of nitrogens with one attached hydrogen (secondary N) is 2. The summed E-state index contributed by atoms with van der Waals surface area (Å²) in [6, 6.07) is 8.53. The SMILES string of the molecule is COc1ccc(C(NC(=O)Cc2c(C)nc3cc(=O)[nH]n3c2C)c2nccn2C)cc1. The lowest BCUT2D eigenvalue weighted by molar-refractivity contribution is -0.121. The summed E-state index contributed by atoms with van der Waals surface area (Å²) in [7, 11) is 3.50. The molecule has 1 amide bonds. The van der Waals surface area contributed by atoms with Gasteiger partial charge in [0.25, 0.3) is 5.56 Å². The number of ether oxygens (including phenoxy) is 1. The Hall–Kier alpha value is -3.88. The molecule has 9 heteroatoms. The van der Waals surface area contributed by atoms with Crippen LogP contribution in [0.1, 0.15) is 34.4 Å². The number of aromatic nitrogens is 5. The largest absolute Gasteiger partial charge is 0.497 e. The van der Waals surface area contributed by atoms with Crippen molar-refractivity contribution in [3.8, 4) is 5.75 Å². The Morgan fingerprint density at radius 2 is 2.00 bits per heavy atom. The van der Waals surface area contributed by atoms with E-state index < -0.39 is 6.04 Å². The summed E-state index contributed by atoms with van der Waals surface area (Å²) in [5.41, 5.74) is 3.45. The number of H-pyrrole nitrogens is 1. The van der Waals surface area contributed by atoms with Crippen molar-refractivity contribution in [2.24, 2.45) is 7.05 Å². The molecular formula is C22H24N6O3. The molecule has 0 aliphatic heterocycles. The van der Waals surface area contributed by atoms with E-state index in [2.05, 4.69) is 20.4 Å². The molecule has 4 aromatic rings. The Bertz CT molecular complexity index is 1300. The molecule has 1 atom stereocenters. The molecule has 1 aromatic carbocycles. The fourth-order valence-electron chi connectivity index (χ4n) is 3.73. The minimum absolute atomic E-state index is 0.123. The number of nitrogens with zero attached hydrogens (tertiary/aromatic N) is 4. The third kappa shape index (κ3) is 3.94. The van der Waals surface area contributed by atoms with E-state index in [1.165, 1.54) is 6.07 Å². The van der Waals surface area contributed by atoms with Crippen LogP contribution in [0.5, 0.6) is 5.75 Å². The van der Waals surface area contributed by atoms with Gasteiger partial charge in [0, 0.05) is 42.5 Å². The number of benzene rings is 1. The van der Waals surface area contributed by atoms with Crippen LogP contribution in [0.4, 0.5) is 0 Å². The maximum Gasteiger partial charge on any atom is 0.266 e. The quantitative estimate of drug-likeness (QED) is 0.495. The van der Waals surface area contributed by atoms with Crippen LogP contribution in [0.25, 0.3) is 5.65 Å². The van der Waals surface area contributed by atoms with Crippen molar-refractivity contribution in [3.05, 3.63) is 81.4 Å². The molecule has 0 fully saturated rings. The number of amides is 1. The maximum atomic E-state index is 13.1. The number of aryl methyl sites for hydroxylation is 3.